The highest BCUT2D eigenvalue weighted by Crippen LogP contribution is 2.27. The van der Waals surface area contributed by atoms with Gasteiger partial charge in [0, 0.05) is 13.6 Å². The summed E-state index contributed by atoms with van der Waals surface area (Å²) in [7, 11) is 7.38. The van der Waals surface area contributed by atoms with Crippen LogP contribution in [-0.2, 0) is 9.57 Å². The summed E-state index contributed by atoms with van der Waals surface area (Å²) in [5.41, 5.74) is 2.15. The average molecular weight is 254 g/mol. The van der Waals surface area contributed by atoms with E-state index in [4.69, 9.17) is 17.4 Å². The smallest absolute Gasteiger partial charge is 0.410 e. The van der Waals surface area contributed by atoms with Crippen LogP contribution in [0.2, 0.25) is 6.32 Å². The molecular weight excluding hydrogens is 231 g/mol. The first-order chi connectivity index (χ1) is 8.37. The van der Waals surface area contributed by atoms with Crippen molar-refractivity contribution < 1.29 is 14.4 Å². The summed E-state index contributed by atoms with van der Waals surface area (Å²) in [6.45, 7) is 6.68. The van der Waals surface area contributed by atoms with Gasteiger partial charge in [-0.1, -0.05) is 6.32 Å². The van der Waals surface area contributed by atoms with Gasteiger partial charge in [0.25, 0.3) is 0 Å². The van der Waals surface area contributed by atoms with E-state index in [0.29, 0.717) is 25.4 Å². The van der Waals surface area contributed by atoms with E-state index in [1.54, 1.807) is 11.9 Å². The zero-order valence-corrected chi connectivity index (χ0v) is 11.7. The van der Waals surface area contributed by atoms with E-state index in [1.807, 2.05) is 20.8 Å². The molecule has 1 fully saturated rings. The van der Waals surface area contributed by atoms with Crippen LogP contribution in [0.5, 0.6) is 0 Å². The van der Waals surface area contributed by atoms with Crippen LogP contribution in [0.4, 0.5) is 4.79 Å². The Labute approximate surface area is 111 Å². The number of amides is 1. The van der Waals surface area contributed by atoms with E-state index in [2.05, 4.69) is 5.48 Å². The van der Waals surface area contributed by atoms with E-state index in [1.165, 1.54) is 0 Å². The number of hydrogen-bond acceptors (Lipinski definition) is 4. The molecule has 1 amide bonds. The van der Waals surface area contributed by atoms with Gasteiger partial charge in [0.15, 0.2) is 0 Å². The average Bonchev–Trinajstić information content (AvgIpc) is 2.67. The molecule has 1 saturated heterocycles. The number of hydrogen-bond donors (Lipinski definition) is 1. The number of carbonyl (C=O) groups excluding carboxylic acids is 1. The molecule has 0 aromatic carbocycles. The Morgan fingerprint density at radius 2 is 2.17 bits per heavy atom. The lowest BCUT2D eigenvalue weighted by atomic mass is 9.89. The molecule has 1 aliphatic heterocycles. The highest BCUT2D eigenvalue weighted by molar-refractivity contribution is 6.08. The van der Waals surface area contributed by atoms with Crippen molar-refractivity contribution in [3.05, 3.63) is 0 Å². The fourth-order valence-corrected chi connectivity index (χ4v) is 2.07. The van der Waals surface area contributed by atoms with Crippen molar-refractivity contribution in [2.24, 2.45) is 5.92 Å². The van der Waals surface area contributed by atoms with Crippen molar-refractivity contribution in [2.75, 3.05) is 20.2 Å². The maximum absolute atomic E-state index is 12.1. The molecule has 1 rings (SSSR count). The van der Waals surface area contributed by atoms with Crippen LogP contribution in [0.25, 0.3) is 0 Å². The minimum Gasteiger partial charge on any atom is -0.444 e. The number of nitrogens with one attached hydrogen (secondary N) is 1. The van der Waals surface area contributed by atoms with Gasteiger partial charge in [-0.15, -0.1) is 0 Å². The molecule has 0 bridgehead atoms. The van der Waals surface area contributed by atoms with Crippen LogP contribution in [0, 0.1) is 5.92 Å². The van der Waals surface area contributed by atoms with Gasteiger partial charge >= 0.3 is 6.09 Å². The Hall–Kier alpha value is -0.745. The lowest BCUT2D eigenvalue weighted by Gasteiger charge is -2.28. The van der Waals surface area contributed by atoms with Crippen LogP contribution in [-0.4, -0.2) is 50.7 Å². The van der Waals surface area contributed by atoms with Crippen molar-refractivity contribution in [3.63, 3.8) is 0 Å². The molecule has 5 nitrogen and oxygen atoms in total. The predicted molar refractivity (Wildman–Crippen MR) is 70.4 cm³/mol. The summed E-state index contributed by atoms with van der Waals surface area (Å²) < 4.78 is 5.39. The van der Waals surface area contributed by atoms with E-state index in [-0.39, 0.29) is 12.1 Å². The number of rotatable bonds is 4. The standard InChI is InChI=1S/C12H23BN2O3/c1-12(2,3)18-11(16)15-7-9(6-13)5-10(15)8-17-14-4/h9-10,14H,5-8H2,1-4H3. The van der Waals surface area contributed by atoms with Crippen molar-refractivity contribution in [3.8, 4) is 0 Å². The van der Waals surface area contributed by atoms with Gasteiger partial charge in [0.2, 0.25) is 0 Å². The number of nitrogens with zero attached hydrogens (tertiary/aromatic N) is 1. The van der Waals surface area contributed by atoms with Crippen LogP contribution in [0.1, 0.15) is 27.2 Å². The maximum Gasteiger partial charge on any atom is 0.410 e. The molecule has 0 aromatic heterocycles. The zero-order valence-electron chi connectivity index (χ0n) is 11.7. The highest BCUT2D eigenvalue weighted by atomic mass is 16.6. The third-order valence-electron chi connectivity index (χ3n) is 2.88. The van der Waals surface area contributed by atoms with Crippen molar-refractivity contribution in [1.82, 2.24) is 10.4 Å². The summed E-state index contributed by atoms with van der Waals surface area (Å²) in [5.74, 6) is 0.322. The molecular formula is C12H23BN2O3. The summed E-state index contributed by atoms with van der Waals surface area (Å²) in [6.07, 6.45) is 1.15. The predicted octanol–water partition coefficient (Wildman–Crippen LogP) is 1.35. The van der Waals surface area contributed by atoms with Crippen molar-refractivity contribution >= 4 is 13.9 Å². The largest absolute Gasteiger partial charge is 0.444 e. The van der Waals surface area contributed by atoms with Gasteiger partial charge < -0.3 is 9.64 Å². The lowest BCUT2D eigenvalue weighted by Crippen LogP contribution is -2.42. The first kappa shape index (κ1) is 15.3. The normalized spacial score (nSPS) is 24.3. The van der Waals surface area contributed by atoms with Crippen LogP contribution >= 0.6 is 0 Å². The monoisotopic (exact) mass is 254 g/mol. The van der Waals surface area contributed by atoms with Gasteiger partial charge in [-0.3, -0.25) is 4.84 Å². The van der Waals surface area contributed by atoms with Crippen molar-refractivity contribution in [2.45, 2.75) is 45.2 Å². The number of hydroxylamine groups is 1. The van der Waals surface area contributed by atoms with Gasteiger partial charge in [-0.25, -0.2) is 10.3 Å². The Morgan fingerprint density at radius 1 is 1.50 bits per heavy atom. The highest BCUT2D eigenvalue weighted by Gasteiger charge is 2.36. The first-order valence-corrected chi connectivity index (χ1v) is 6.35. The fourth-order valence-electron chi connectivity index (χ4n) is 2.07. The molecule has 0 aromatic rings. The second-order valence-electron chi connectivity index (χ2n) is 5.64. The van der Waals surface area contributed by atoms with E-state index in [0.717, 1.165) is 6.42 Å². The molecule has 2 radical (unpaired) electrons. The Morgan fingerprint density at radius 3 is 2.67 bits per heavy atom. The van der Waals surface area contributed by atoms with E-state index < -0.39 is 5.60 Å². The second-order valence-corrected chi connectivity index (χ2v) is 5.64. The summed E-state index contributed by atoms with van der Waals surface area (Å²) >= 11 is 0. The molecule has 0 spiro atoms. The molecule has 6 heteroatoms. The molecule has 2 unspecified atom stereocenters. The van der Waals surface area contributed by atoms with Crippen molar-refractivity contribution in [1.29, 1.82) is 0 Å². The molecule has 1 aliphatic rings. The van der Waals surface area contributed by atoms with Gasteiger partial charge in [0.1, 0.15) is 5.60 Å². The molecule has 18 heavy (non-hydrogen) atoms. The summed E-state index contributed by atoms with van der Waals surface area (Å²) in [5, 5.41) is 0. The van der Waals surface area contributed by atoms with E-state index >= 15 is 0 Å². The van der Waals surface area contributed by atoms with Gasteiger partial charge in [-0.2, -0.15) is 0 Å². The topological polar surface area (TPSA) is 50.8 Å². The Bertz CT molecular complexity index is 281. The number of carbonyl (C=O) groups is 1. The second kappa shape index (κ2) is 6.43. The quantitative estimate of drug-likeness (QED) is 0.607. The van der Waals surface area contributed by atoms with E-state index in [9.17, 15) is 4.79 Å². The summed E-state index contributed by atoms with van der Waals surface area (Å²) in [4.78, 5) is 19.0. The van der Waals surface area contributed by atoms with Gasteiger partial charge in [-0.05, 0) is 33.1 Å². The fraction of sp³-hybridized carbons (Fsp3) is 0.917. The summed E-state index contributed by atoms with van der Waals surface area (Å²) in [6, 6.07) is 0.0286. The van der Waals surface area contributed by atoms with Gasteiger partial charge in [0.05, 0.1) is 20.5 Å². The zero-order chi connectivity index (χ0) is 13.8. The molecule has 102 valence electrons. The maximum atomic E-state index is 12.1. The molecule has 0 aliphatic carbocycles. The van der Waals surface area contributed by atoms with Crippen LogP contribution < -0.4 is 5.48 Å². The first-order valence-electron chi connectivity index (χ1n) is 6.35. The number of ether oxygens (including phenoxy) is 1. The van der Waals surface area contributed by atoms with Crippen LogP contribution in [0.3, 0.4) is 0 Å². The Balaban J connectivity index is 2.61. The molecule has 1 N–H and O–H groups in total. The Kier molecular flexibility index (Phi) is 5.47. The molecule has 1 heterocycles. The molecule has 0 saturated carbocycles. The number of likely N-dealkylation sites (tertiary alicyclic amines) is 1. The third-order valence-corrected chi connectivity index (χ3v) is 2.88. The lowest BCUT2D eigenvalue weighted by molar-refractivity contribution is -0.00478. The minimum atomic E-state index is -0.480. The van der Waals surface area contributed by atoms with Crippen LogP contribution in [0.15, 0.2) is 0 Å². The third kappa shape index (κ3) is 4.50. The minimum absolute atomic E-state index is 0.0286. The molecule has 2 atom stereocenters. The SMILES string of the molecule is [B]CC1CC(CONC)N(C(=O)OC(C)(C)C)C1.